The number of hydrogen-bond acceptors (Lipinski definition) is 3. The molecule has 1 atom stereocenters. The summed E-state index contributed by atoms with van der Waals surface area (Å²) in [6, 6.07) is 3.15. The zero-order valence-corrected chi connectivity index (χ0v) is 12.2. The first-order valence-electron chi connectivity index (χ1n) is 6.39. The number of likely N-dealkylation sites (N-methyl/N-ethyl adjacent to an activating group) is 1. The summed E-state index contributed by atoms with van der Waals surface area (Å²) in [5, 5.41) is 10.5. The zero-order valence-electron chi connectivity index (χ0n) is 12.2. The molecule has 2 amide bonds. The smallest absolute Gasteiger partial charge is 0.334 e. The highest BCUT2D eigenvalue weighted by molar-refractivity contribution is 6.39. The van der Waals surface area contributed by atoms with Crippen molar-refractivity contribution in [3.8, 4) is 6.07 Å². The summed E-state index contributed by atoms with van der Waals surface area (Å²) in [4.78, 5) is 24.6. The number of hydrogen-bond donors (Lipinski definition) is 1. The summed E-state index contributed by atoms with van der Waals surface area (Å²) in [7, 11) is 1.29. The van der Waals surface area contributed by atoms with Gasteiger partial charge in [0.15, 0.2) is 0 Å². The Kier molecular flexibility index (Phi) is 5.68. The number of halogens is 4. The highest BCUT2D eigenvalue weighted by Gasteiger charge is 2.34. The molecule has 1 aromatic rings. The minimum absolute atomic E-state index is 0.00963. The second-order valence-electron chi connectivity index (χ2n) is 4.77. The number of anilines is 1. The Morgan fingerprint density at radius 1 is 1.39 bits per heavy atom. The van der Waals surface area contributed by atoms with E-state index in [2.05, 4.69) is 0 Å². The first-order valence-corrected chi connectivity index (χ1v) is 6.39. The molecule has 0 saturated heterocycles. The Bertz CT molecular complexity index is 652. The van der Waals surface area contributed by atoms with Crippen LogP contribution in [0, 0.1) is 17.1 Å². The third-order valence-corrected chi connectivity index (χ3v) is 3.09. The number of carbonyl (C=O) groups is 2. The van der Waals surface area contributed by atoms with Crippen LogP contribution in [0.1, 0.15) is 18.9 Å². The molecule has 124 valence electrons. The average Bonchev–Trinajstić information content (AvgIpc) is 2.46. The number of rotatable bonds is 3. The normalized spacial score (nSPS) is 12.2. The molecule has 0 aliphatic rings. The van der Waals surface area contributed by atoms with E-state index in [4.69, 9.17) is 5.26 Å². The number of benzene rings is 1. The summed E-state index contributed by atoms with van der Waals surface area (Å²) in [5.74, 6) is -3.69. The van der Waals surface area contributed by atoms with E-state index in [1.807, 2.05) is 11.4 Å². The van der Waals surface area contributed by atoms with E-state index in [9.17, 15) is 27.2 Å². The topological polar surface area (TPSA) is 73.2 Å². The highest BCUT2D eigenvalue weighted by Crippen LogP contribution is 2.32. The molecule has 0 aromatic heterocycles. The van der Waals surface area contributed by atoms with Crippen molar-refractivity contribution in [1.82, 2.24) is 4.90 Å². The fourth-order valence-corrected chi connectivity index (χ4v) is 1.63. The van der Waals surface area contributed by atoms with Crippen LogP contribution in [0.4, 0.5) is 23.2 Å². The van der Waals surface area contributed by atoms with Crippen molar-refractivity contribution in [3.63, 3.8) is 0 Å². The predicted molar refractivity (Wildman–Crippen MR) is 72.5 cm³/mol. The van der Waals surface area contributed by atoms with Gasteiger partial charge in [0.1, 0.15) is 5.82 Å². The van der Waals surface area contributed by atoms with Gasteiger partial charge in [-0.25, -0.2) is 4.39 Å². The molecule has 0 saturated carbocycles. The SMILES string of the molecule is C[C@H](CC#N)N(C)C(=O)C(=O)Nc1ccc(F)c(C(F)(F)F)c1. The molecule has 0 spiro atoms. The molecule has 0 unspecified atom stereocenters. The quantitative estimate of drug-likeness (QED) is 0.683. The lowest BCUT2D eigenvalue weighted by Gasteiger charge is -2.22. The first-order chi connectivity index (χ1) is 10.6. The molecule has 1 N–H and O–H groups in total. The number of nitriles is 1. The van der Waals surface area contributed by atoms with E-state index in [1.165, 1.54) is 14.0 Å². The van der Waals surface area contributed by atoms with Gasteiger partial charge < -0.3 is 10.2 Å². The maximum Gasteiger partial charge on any atom is 0.419 e. The van der Waals surface area contributed by atoms with Crippen LogP contribution >= 0.6 is 0 Å². The van der Waals surface area contributed by atoms with Crippen molar-refractivity contribution >= 4 is 17.5 Å². The fraction of sp³-hybridized carbons (Fsp3) is 0.357. The molecule has 0 aliphatic heterocycles. The third-order valence-electron chi connectivity index (χ3n) is 3.09. The number of carbonyl (C=O) groups excluding carboxylic acids is 2. The van der Waals surface area contributed by atoms with Gasteiger partial charge in [0.25, 0.3) is 0 Å². The van der Waals surface area contributed by atoms with Crippen LogP contribution in [0.25, 0.3) is 0 Å². The summed E-state index contributed by atoms with van der Waals surface area (Å²) < 4.78 is 50.9. The monoisotopic (exact) mass is 331 g/mol. The summed E-state index contributed by atoms with van der Waals surface area (Å²) >= 11 is 0. The third kappa shape index (κ3) is 4.67. The molecular formula is C14H13F4N3O2. The maximum absolute atomic E-state index is 13.1. The van der Waals surface area contributed by atoms with Crippen LogP contribution in [0.3, 0.4) is 0 Å². The van der Waals surface area contributed by atoms with Crippen LogP contribution in [-0.2, 0) is 15.8 Å². The Hall–Kier alpha value is -2.63. The van der Waals surface area contributed by atoms with Crippen LogP contribution < -0.4 is 5.32 Å². The second-order valence-corrected chi connectivity index (χ2v) is 4.77. The van der Waals surface area contributed by atoms with Gasteiger partial charge in [-0.3, -0.25) is 9.59 Å². The standard InChI is InChI=1S/C14H13F4N3O2/c1-8(5-6-19)21(2)13(23)12(22)20-9-3-4-11(15)10(7-9)14(16,17)18/h3-4,7-8H,5H2,1-2H3,(H,20,22)/t8-/m1/s1. The lowest BCUT2D eigenvalue weighted by atomic mass is 10.1. The number of amides is 2. The Labute approximate surface area is 129 Å². The predicted octanol–water partition coefficient (Wildman–Crippen LogP) is 2.54. The van der Waals surface area contributed by atoms with Gasteiger partial charge in [-0.2, -0.15) is 18.4 Å². The van der Waals surface area contributed by atoms with E-state index in [0.717, 1.165) is 11.0 Å². The van der Waals surface area contributed by atoms with Crippen LogP contribution in [0.2, 0.25) is 0 Å². The number of alkyl halides is 3. The second kappa shape index (κ2) is 7.09. The molecule has 1 aromatic carbocycles. The molecule has 9 heteroatoms. The molecule has 23 heavy (non-hydrogen) atoms. The molecule has 1 rings (SSSR count). The Morgan fingerprint density at radius 2 is 2.00 bits per heavy atom. The van der Waals surface area contributed by atoms with Crippen LogP contribution in [0.15, 0.2) is 18.2 Å². The minimum Gasteiger partial charge on any atom is -0.334 e. The molecule has 0 radical (unpaired) electrons. The van der Waals surface area contributed by atoms with Crippen molar-refractivity contribution < 1.29 is 27.2 Å². The van der Waals surface area contributed by atoms with Gasteiger partial charge in [-0.15, -0.1) is 0 Å². The minimum atomic E-state index is -4.92. The summed E-state index contributed by atoms with van der Waals surface area (Å²) in [5.41, 5.74) is -1.91. The first kappa shape index (κ1) is 18.4. The lowest BCUT2D eigenvalue weighted by Crippen LogP contribution is -2.42. The molecule has 0 fully saturated rings. The number of nitrogens with zero attached hydrogens (tertiary/aromatic N) is 2. The van der Waals surface area contributed by atoms with Crippen molar-refractivity contribution in [2.75, 3.05) is 12.4 Å². The zero-order chi connectivity index (χ0) is 17.8. The number of nitrogens with one attached hydrogen (secondary N) is 1. The molecule has 0 heterocycles. The van der Waals surface area contributed by atoms with Gasteiger partial charge in [0, 0.05) is 18.8 Å². The van der Waals surface area contributed by atoms with Gasteiger partial charge in [0.05, 0.1) is 18.1 Å². The highest BCUT2D eigenvalue weighted by atomic mass is 19.4. The summed E-state index contributed by atoms with van der Waals surface area (Å²) in [6.45, 7) is 1.54. The molecular weight excluding hydrogens is 318 g/mol. The molecule has 0 aliphatic carbocycles. The van der Waals surface area contributed by atoms with Crippen LogP contribution in [0.5, 0.6) is 0 Å². The molecule has 0 bridgehead atoms. The fourth-order valence-electron chi connectivity index (χ4n) is 1.63. The van der Waals surface area contributed by atoms with E-state index >= 15 is 0 Å². The van der Waals surface area contributed by atoms with Gasteiger partial charge in [0.2, 0.25) is 0 Å². The average molecular weight is 331 g/mol. The van der Waals surface area contributed by atoms with E-state index in [0.29, 0.717) is 12.1 Å². The van der Waals surface area contributed by atoms with Gasteiger partial charge in [-0.1, -0.05) is 0 Å². The Morgan fingerprint density at radius 3 is 2.52 bits per heavy atom. The van der Waals surface area contributed by atoms with Gasteiger partial charge >= 0.3 is 18.0 Å². The Balaban J connectivity index is 2.90. The van der Waals surface area contributed by atoms with E-state index in [-0.39, 0.29) is 12.1 Å². The van der Waals surface area contributed by atoms with Gasteiger partial charge in [-0.05, 0) is 25.1 Å². The lowest BCUT2D eigenvalue weighted by molar-refractivity contribution is -0.143. The van der Waals surface area contributed by atoms with Crippen molar-refractivity contribution in [2.45, 2.75) is 25.6 Å². The van der Waals surface area contributed by atoms with Crippen molar-refractivity contribution in [1.29, 1.82) is 5.26 Å². The van der Waals surface area contributed by atoms with E-state index in [1.54, 1.807) is 0 Å². The van der Waals surface area contributed by atoms with E-state index < -0.39 is 35.4 Å². The summed E-state index contributed by atoms with van der Waals surface area (Å²) in [6.07, 6.45) is -4.93. The van der Waals surface area contributed by atoms with Crippen LogP contribution in [-0.4, -0.2) is 29.8 Å². The molecule has 5 nitrogen and oxygen atoms in total. The van der Waals surface area contributed by atoms with Crippen molar-refractivity contribution in [3.05, 3.63) is 29.6 Å². The van der Waals surface area contributed by atoms with Crippen molar-refractivity contribution in [2.24, 2.45) is 0 Å². The maximum atomic E-state index is 13.1. The largest absolute Gasteiger partial charge is 0.419 e.